The molecule has 6 nitrogen and oxygen atoms in total. The molecule has 106 valence electrons. The first-order valence-electron chi connectivity index (χ1n) is 6.11. The number of hydrogen-bond donors (Lipinski definition) is 2. The number of carbonyl (C=O) groups is 1. The highest BCUT2D eigenvalue weighted by Gasteiger charge is 2.15. The maximum absolute atomic E-state index is 11.9. The lowest BCUT2D eigenvalue weighted by Crippen LogP contribution is -2.19. The minimum absolute atomic E-state index is 0.322. The van der Waals surface area contributed by atoms with Gasteiger partial charge in [0.25, 0.3) is 5.91 Å². The van der Waals surface area contributed by atoms with Crippen LogP contribution >= 0.6 is 15.9 Å². The predicted molar refractivity (Wildman–Crippen MR) is 80.9 cm³/mol. The molecule has 7 heteroatoms. The molecule has 0 bridgehead atoms. The number of nitrogens with one attached hydrogen (secondary N) is 1. The number of amides is 1. The van der Waals surface area contributed by atoms with Gasteiger partial charge in [-0.05, 0) is 34.1 Å². The van der Waals surface area contributed by atoms with Gasteiger partial charge in [-0.15, -0.1) is 0 Å². The second-order valence-corrected chi connectivity index (χ2v) is 5.46. The van der Waals surface area contributed by atoms with E-state index in [1.54, 1.807) is 30.0 Å². The average Bonchev–Trinajstić information content (AvgIpc) is 2.84. The van der Waals surface area contributed by atoms with Crippen LogP contribution in [0.4, 0.5) is 0 Å². The number of pyridine rings is 2. The van der Waals surface area contributed by atoms with E-state index in [4.69, 9.17) is 5.21 Å². The molecule has 3 aromatic heterocycles. The zero-order valence-electron chi connectivity index (χ0n) is 11.0. The van der Waals surface area contributed by atoms with Crippen LogP contribution in [0.2, 0.25) is 0 Å². The summed E-state index contributed by atoms with van der Waals surface area (Å²) >= 11 is 3.41. The second-order valence-electron chi connectivity index (χ2n) is 4.54. The SMILES string of the molecule is Cn1cc(Br)cc1-c1cc(C(=O)NO)c2cnccc2n1. The molecule has 0 unspecified atom stereocenters. The van der Waals surface area contributed by atoms with E-state index in [-0.39, 0.29) is 0 Å². The first kappa shape index (κ1) is 13.7. The Morgan fingerprint density at radius 2 is 2.24 bits per heavy atom. The third-order valence-electron chi connectivity index (χ3n) is 3.19. The molecule has 0 fully saturated rings. The number of fused-ring (bicyclic) bond motifs is 1. The number of rotatable bonds is 2. The van der Waals surface area contributed by atoms with Gasteiger partial charge in [0.2, 0.25) is 0 Å². The van der Waals surface area contributed by atoms with Gasteiger partial charge in [-0.3, -0.25) is 15.0 Å². The quantitative estimate of drug-likeness (QED) is 0.551. The van der Waals surface area contributed by atoms with E-state index < -0.39 is 5.91 Å². The molecule has 0 radical (unpaired) electrons. The van der Waals surface area contributed by atoms with E-state index in [2.05, 4.69) is 25.9 Å². The molecule has 3 heterocycles. The summed E-state index contributed by atoms with van der Waals surface area (Å²) in [6.45, 7) is 0. The lowest BCUT2D eigenvalue weighted by atomic mass is 10.1. The Labute approximate surface area is 128 Å². The Balaban J connectivity index is 2.30. The molecule has 2 N–H and O–H groups in total. The summed E-state index contributed by atoms with van der Waals surface area (Å²) in [7, 11) is 1.89. The maximum Gasteiger partial charge on any atom is 0.275 e. The Bertz CT molecular complexity index is 844. The summed E-state index contributed by atoms with van der Waals surface area (Å²) in [5.41, 5.74) is 4.11. The van der Waals surface area contributed by atoms with Gasteiger partial charge in [-0.25, -0.2) is 10.5 Å². The summed E-state index contributed by atoms with van der Waals surface area (Å²) in [4.78, 5) is 20.4. The Kier molecular flexibility index (Phi) is 3.44. The predicted octanol–water partition coefficient (Wildman–Crippen LogP) is 2.52. The molecule has 1 amide bonds. The van der Waals surface area contributed by atoms with Crippen LogP contribution in [-0.2, 0) is 7.05 Å². The van der Waals surface area contributed by atoms with Gasteiger partial charge in [0.05, 0.1) is 22.5 Å². The number of carbonyl (C=O) groups excluding carboxylic acids is 1. The van der Waals surface area contributed by atoms with E-state index >= 15 is 0 Å². The van der Waals surface area contributed by atoms with Crippen molar-refractivity contribution in [3.05, 3.63) is 46.8 Å². The van der Waals surface area contributed by atoms with Crippen molar-refractivity contribution in [1.82, 2.24) is 20.0 Å². The summed E-state index contributed by atoms with van der Waals surface area (Å²) in [6.07, 6.45) is 5.07. The molecule has 3 rings (SSSR count). The molecule has 0 aliphatic heterocycles. The fraction of sp³-hybridized carbons (Fsp3) is 0.0714. The summed E-state index contributed by atoms with van der Waals surface area (Å²) in [6, 6.07) is 5.28. The van der Waals surface area contributed by atoms with Crippen LogP contribution in [-0.4, -0.2) is 25.6 Å². The first-order chi connectivity index (χ1) is 10.1. The van der Waals surface area contributed by atoms with Crippen LogP contribution < -0.4 is 5.48 Å². The van der Waals surface area contributed by atoms with Crippen LogP contribution in [0.5, 0.6) is 0 Å². The van der Waals surface area contributed by atoms with Gasteiger partial charge in [0.1, 0.15) is 0 Å². The second kappa shape index (κ2) is 5.27. The molecule has 3 aromatic rings. The topological polar surface area (TPSA) is 80.0 Å². The van der Waals surface area contributed by atoms with Crippen molar-refractivity contribution in [3.8, 4) is 11.4 Å². The average molecular weight is 347 g/mol. The Morgan fingerprint density at radius 3 is 2.90 bits per heavy atom. The number of aryl methyl sites for hydroxylation is 1. The smallest absolute Gasteiger partial charge is 0.275 e. The van der Waals surface area contributed by atoms with Crippen molar-refractivity contribution in [1.29, 1.82) is 0 Å². The number of halogens is 1. The zero-order valence-corrected chi connectivity index (χ0v) is 12.6. The van der Waals surface area contributed by atoms with Crippen LogP contribution in [0, 0.1) is 0 Å². The molecule has 0 aliphatic carbocycles. The van der Waals surface area contributed by atoms with Crippen molar-refractivity contribution in [2.75, 3.05) is 0 Å². The molecule has 0 atom stereocenters. The largest absolute Gasteiger partial charge is 0.348 e. The summed E-state index contributed by atoms with van der Waals surface area (Å²) < 4.78 is 2.82. The van der Waals surface area contributed by atoms with E-state index in [0.29, 0.717) is 22.2 Å². The highest BCUT2D eigenvalue weighted by Crippen LogP contribution is 2.27. The summed E-state index contributed by atoms with van der Waals surface area (Å²) in [5.74, 6) is -0.593. The minimum atomic E-state index is -0.593. The van der Waals surface area contributed by atoms with E-state index in [1.165, 1.54) is 0 Å². The highest BCUT2D eigenvalue weighted by molar-refractivity contribution is 9.10. The molecule has 0 saturated heterocycles. The number of hydrogen-bond acceptors (Lipinski definition) is 4. The van der Waals surface area contributed by atoms with Crippen LogP contribution in [0.3, 0.4) is 0 Å². The number of aromatic nitrogens is 3. The van der Waals surface area contributed by atoms with Crippen molar-refractivity contribution < 1.29 is 10.0 Å². The third kappa shape index (κ3) is 2.41. The lowest BCUT2D eigenvalue weighted by Gasteiger charge is -2.08. The van der Waals surface area contributed by atoms with E-state index in [0.717, 1.165) is 10.2 Å². The lowest BCUT2D eigenvalue weighted by molar-refractivity contribution is 0.0708. The monoisotopic (exact) mass is 346 g/mol. The Hall–Kier alpha value is -2.25. The van der Waals surface area contributed by atoms with Crippen LogP contribution in [0.1, 0.15) is 10.4 Å². The minimum Gasteiger partial charge on any atom is -0.348 e. The molecule has 0 aromatic carbocycles. The fourth-order valence-electron chi connectivity index (χ4n) is 2.23. The summed E-state index contributed by atoms with van der Waals surface area (Å²) in [5, 5.41) is 9.50. The normalized spacial score (nSPS) is 10.8. The van der Waals surface area contributed by atoms with E-state index in [9.17, 15) is 4.79 Å². The van der Waals surface area contributed by atoms with Crippen molar-refractivity contribution >= 4 is 32.7 Å². The van der Waals surface area contributed by atoms with Gasteiger partial charge < -0.3 is 4.57 Å². The van der Waals surface area contributed by atoms with Crippen molar-refractivity contribution in [3.63, 3.8) is 0 Å². The highest BCUT2D eigenvalue weighted by atomic mass is 79.9. The van der Waals surface area contributed by atoms with Gasteiger partial charge in [0, 0.05) is 35.5 Å². The van der Waals surface area contributed by atoms with Crippen molar-refractivity contribution in [2.24, 2.45) is 7.05 Å². The first-order valence-corrected chi connectivity index (χ1v) is 6.91. The van der Waals surface area contributed by atoms with Crippen LogP contribution in [0.15, 0.2) is 41.3 Å². The molecule has 21 heavy (non-hydrogen) atoms. The van der Waals surface area contributed by atoms with Gasteiger partial charge in [-0.2, -0.15) is 0 Å². The molecular weight excluding hydrogens is 336 g/mol. The maximum atomic E-state index is 11.9. The van der Waals surface area contributed by atoms with Gasteiger partial charge in [-0.1, -0.05) is 0 Å². The number of hydroxylamine groups is 1. The van der Waals surface area contributed by atoms with Crippen molar-refractivity contribution in [2.45, 2.75) is 0 Å². The third-order valence-corrected chi connectivity index (χ3v) is 3.62. The number of nitrogens with zero attached hydrogens (tertiary/aromatic N) is 3. The molecule has 0 aliphatic rings. The molecule has 0 saturated carbocycles. The van der Waals surface area contributed by atoms with Crippen LogP contribution in [0.25, 0.3) is 22.3 Å². The Morgan fingerprint density at radius 1 is 1.43 bits per heavy atom. The fourth-order valence-corrected chi connectivity index (χ4v) is 2.75. The zero-order chi connectivity index (χ0) is 15.0. The van der Waals surface area contributed by atoms with Gasteiger partial charge >= 0.3 is 0 Å². The molecular formula is C14H11BrN4O2. The van der Waals surface area contributed by atoms with E-state index in [1.807, 2.05) is 23.9 Å². The van der Waals surface area contributed by atoms with Gasteiger partial charge in [0.15, 0.2) is 0 Å². The standard InChI is InChI=1S/C14H11BrN4O2/c1-19-7-8(15)4-13(19)12-5-9(14(20)18-21)10-6-16-3-2-11(10)17-12/h2-7,21H,1H3,(H,18,20). The molecule has 0 spiro atoms.